The molecular formula is C20H19FN2O3. The number of carbonyl (C=O) groups is 2. The van der Waals surface area contributed by atoms with Crippen LogP contribution in [0.4, 0.5) is 10.1 Å². The number of phenols is 1. The normalized spacial score (nSPS) is 18.5. The number of hydrogen-bond donors (Lipinski definition) is 3. The van der Waals surface area contributed by atoms with Crippen LogP contribution in [0.5, 0.6) is 5.75 Å². The van der Waals surface area contributed by atoms with Crippen molar-refractivity contribution >= 4 is 17.5 Å². The van der Waals surface area contributed by atoms with E-state index in [4.69, 9.17) is 0 Å². The van der Waals surface area contributed by atoms with E-state index in [1.54, 1.807) is 12.1 Å². The van der Waals surface area contributed by atoms with Crippen molar-refractivity contribution in [2.45, 2.75) is 38.1 Å². The SMILES string of the molecule is O=C1CCc2cc(C(=O)NC3CCCc4c(O)cccc43)c(F)cc2N1. The molecule has 2 amide bonds. The quantitative estimate of drug-likeness (QED) is 0.775. The number of carbonyl (C=O) groups excluding carboxylic acids is 2. The Bertz CT molecular complexity index is 910. The second kappa shape index (κ2) is 6.44. The van der Waals surface area contributed by atoms with E-state index in [9.17, 15) is 19.1 Å². The van der Waals surface area contributed by atoms with Crippen LogP contribution in [0.1, 0.15) is 52.4 Å². The Morgan fingerprint density at radius 3 is 2.92 bits per heavy atom. The lowest BCUT2D eigenvalue weighted by Gasteiger charge is -2.27. The topological polar surface area (TPSA) is 78.4 Å². The molecule has 3 N–H and O–H groups in total. The van der Waals surface area contributed by atoms with Gasteiger partial charge in [-0.25, -0.2) is 4.39 Å². The molecule has 0 saturated heterocycles. The third-order valence-corrected chi connectivity index (χ3v) is 5.12. The number of anilines is 1. The maximum Gasteiger partial charge on any atom is 0.254 e. The van der Waals surface area contributed by atoms with Crippen molar-refractivity contribution in [3.8, 4) is 5.75 Å². The van der Waals surface area contributed by atoms with Crippen molar-refractivity contribution in [3.63, 3.8) is 0 Å². The largest absolute Gasteiger partial charge is 0.508 e. The zero-order chi connectivity index (χ0) is 18.3. The van der Waals surface area contributed by atoms with E-state index in [1.807, 2.05) is 6.07 Å². The van der Waals surface area contributed by atoms with Gasteiger partial charge in [-0.15, -0.1) is 0 Å². The lowest BCUT2D eigenvalue weighted by molar-refractivity contribution is -0.116. The lowest BCUT2D eigenvalue weighted by atomic mass is 9.87. The minimum Gasteiger partial charge on any atom is -0.508 e. The molecule has 1 atom stereocenters. The molecule has 4 rings (SSSR count). The van der Waals surface area contributed by atoms with Crippen LogP contribution in [0.3, 0.4) is 0 Å². The number of aryl methyl sites for hydroxylation is 1. The summed E-state index contributed by atoms with van der Waals surface area (Å²) in [6.07, 6.45) is 3.16. The molecule has 26 heavy (non-hydrogen) atoms. The van der Waals surface area contributed by atoms with Crippen LogP contribution in [0.25, 0.3) is 0 Å². The summed E-state index contributed by atoms with van der Waals surface area (Å²) in [6, 6.07) is 7.75. The van der Waals surface area contributed by atoms with Crippen molar-refractivity contribution < 1.29 is 19.1 Å². The highest BCUT2D eigenvalue weighted by Crippen LogP contribution is 2.35. The second-order valence-electron chi connectivity index (χ2n) is 6.80. The third-order valence-electron chi connectivity index (χ3n) is 5.12. The van der Waals surface area contributed by atoms with Gasteiger partial charge in [-0.05, 0) is 60.6 Å². The lowest BCUT2D eigenvalue weighted by Crippen LogP contribution is -2.32. The highest BCUT2D eigenvalue weighted by molar-refractivity contribution is 5.98. The highest BCUT2D eigenvalue weighted by Gasteiger charge is 2.26. The molecule has 6 heteroatoms. The van der Waals surface area contributed by atoms with Gasteiger partial charge in [0.05, 0.1) is 11.6 Å². The van der Waals surface area contributed by atoms with Crippen LogP contribution in [0.2, 0.25) is 0 Å². The molecular weight excluding hydrogens is 335 g/mol. The minimum absolute atomic E-state index is 0.0211. The van der Waals surface area contributed by atoms with E-state index in [1.165, 1.54) is 12.1 Å². The second-order valence-corrected chi connectivity index (χ2v) is 6.80. The van der Waals surface area contributed by atoms with Crippen molar-refractivity contribution in [3.05, 3.63) is 58.4 Å². The molecule has 2 aliphatic rings. The van der Waals surface area contributed by atoms with Gasteiger partial charge in [-0.3, -0.25) is 9.59 Å². The van der Waals surface area contributed by atoms with Crippen LogP contribution in [0, 0.1) is 5.82 Å². The molecule has 2 aromatic rings. The van der Waals surface area contributed by atoms with Gasteiger partial charge < -0.3 is 15.7 Å². The van der Waals surface area contributed by atoms with Gasteiger partial charge in [0.15, 0.2) is 0 Å². The number of fused-ring (bicyclic) bond motifs is 2. The molecule has 0 fully saturated rings. The fourth-order valence-electron chi connectivity index (χ4n) is 3.79. The average molecular weight is 354 g/mol. The van der Waals surface area contributed by atoms with Gasteiger partial charge in [0.25, 0.3) is 5.91 Å². The summed E-state index contributed by atoms with van der Waals surface area (Å²) >= 11 is 0. The minimum atomic E-state index is -0.657. The summed E-state index contributed by atoms with van der Waals surface area (Å²) in [4.78, 5) is 24.1. The molecule has 0 aromatic heterocycles. The number of benzene rings is 2. The van der Waals surface area contributed by atoms with Gasteiger partial charge >= 0.3 is 0 Å². The number of halogens is 1. The van der Waals surface area contributed by atoms with Crippen molar-refractivity contribution in [1.82, 2.24) is 5.32 Å². The predicted molar refractivity (Wildman–Crippen MR) is 94.6 cm³/mol. The summed E-state index contributed by atoms with van der Waals surface area (Å²) in [5.74, 6) is -1.05. The average Bonchev–Trinajstić information content (AvgIpc) is 2.62. The number of phenolic OH excluding ortho intramolecular Hbond substituents is 1. The predicted octanol–water partition coefficient (Wildman–Crippen LogP) is 3.22. The fraction of sp³-hybridized carbons (Fsp3) is 0.300. The molecule has 1 heterocycles. The first-order valence-corrected chi connectivity index (χ1v) is 8.77. The van der Waals surface area contributed by atoms with Crippen LogP contribution < -0.4 is 10.6 Å². The van der Waals surface area contributed by atoms with E-state index in [-0.39, 0.29) is 23.3 Å². The number of aromatic hydroxyl groups is 1. The van der Waals surface area contributed by atoms with Gasteiger partial charge in [-0.2, -0.15) is 0 Å². The van der Waals surface area contributed by atoms with Gasteiger partial charge in [-0.1, -0.05) is 12.1 Å². The third kappa shape index (κ3) is 2.92. The monoisotopic (exact) mass is 354 g/mol. The van der Waals surface area contributed by atoms with E-state index in [0.29, 0.717) is 18.5 Å². The van der Waals surface area contributed by atoms with Crippen LogP contribution in [-0.4, -0.2) is 16.9 Å². The number of amides is 2. The zero-order valence-corrected chi connectivity index (χ0v) is 14.1. The van der Waals surface area contributed by atoms with E-state index >= 15 is 0 Å². The first kappa shape index (κ1) is 16.6. The van der Waals surface area contributed by atoms with E-state index < -0.39 is 11.7 Å². The molecule has 0 bridgehead atoms. The fourth-order valence-corrected chi connectivity index (χ4v) is 3.79. The molecule has 5 nitrogen and oxygen atoms in total. The summed E-state index contributed by atoms with van der Waals surface area (Å²) < 4.78 is 14.4. The first-order chi connectivity index (χ1) is 12.5. The van der Waals surface area contributed by atoms with Gasteiger partial charge in [0.1, 0.15) is 11.6 Å². The standard InChI is InChI=1S/C20H19FN2O3/c21-15-10-17-11(7-8-19(25)22-17)9-14(15)20(26)23-16-5-1-4-13-12(16)3-2-6-18(13)24/h2-3,6,9-10,16,24H,1,4-5,7-8H2,(H,22,25)(H,23,26). The van der Waals surface area contributed by atoms with Crippen LogP contribution in [-0.2, 0) is 17.6 Å². The molecule has 2 aromatic carbocycles. The Morgan fingerprint density at radius 1 is 1.23 bits per heavy atom. The van der Waals surface area contributed by atoms with Crippen molar-refractivity contribution in [2.24, 2.45) is 0 Å². The number of rotatable bonds is 2. The molecule has 0 spiro atoms. The molecule has 1 aliphatic carbocycles. The molecule has 0 radical (unpaired) electrons. The highest BCUT2D eigenvalue weighted by atomic mass is 19.1. The summed E-state index contributed by atoms with van der Waals surface area (Å²) in [6.45, 7) is 0. The summed E-state index contributed by atoms with van der Waals surface area (Å²) in [7, 11) is 0. The van der Waals surface area contributed by atoms with E-state index in [2.05, 4.69) is 10.6 Å². The molecule has 134 valence electrons. The zero-order valence-electron chi connectivity index (χ0n) is 14.1. The smallest absolute Gasteiger partial charge is 0.254 e. The van der Waals surface area contributed by atoms with Gasteiger partial charge in [0.2, 0.25) is 5.91 Å². The molecule has 1 unspecified atom stereocenters. The molecule has 1 aliphatic heterocycles. The first-order valence-electron chi connectivity index (χ1n) is 8.77. The Labute approximate surface area is 150 Å². The maximum atomic E-state index is 14.4. The molecule has 0 saturated carbocycles. The van der Waals surface area contributed by atoms with Crippen molar-refractivity contribution in [2.75, 3.05) is 5.32 Å². The van der Waals surface area contributed by atoms with Crippen LogP contribution >= 0.6 is 0 Å². The van der Waals surface area contributed by atoms with Crippen LogP contribution in [0.15, 0.2) is 30.3 Å². The number of hydrogen-bond acceptors (Lipinski definition) is 3. The number of nitrogens with one attached hydrogen (secondary N) is 2. The van der Waals surface area contributed by atoms with E-state index in [0.717, 1.165) is 36.0 Å². The summed E-state index contributed by atoms with van der Waals surface area (Å²) in [5, 5.41) is 15.5. The Balaban J connectivity index is 1.60. The van der Waals surface area contributed by atoms with Crippen molar-refractivity contribution in [1.29, 1.82) is 0 Å². The van der Waals surface area contributed by atoms with Gasteiger partial charge in [0, 0.05) is 12.1 Å². The Morgan fingerprint density at radius 2 is 2.08 bits per heavy atom. The Kier molecular flexibility index (Phi) is 4.11. The maximum absolute atomic E-state index is 14.4. The summed E-state index contributed by atoms with van der Waals surface area (Å²) in [5.41, 5.74) is 2.90. The Hall–Kier alpha value is -2.89.